The average Bonchev–Trinajstić information content (AvgIpc) is 2.84. The minimum Gasteiger partial charge on any atom is -0.480 e. The molecule has 0 saturated carbocycles. The van der Waals surface area contributed by atoms with Crippen molar-refractivity contribution in [3.8, 4) is 0 Å². The summed E-state index contributed by atoms with van der Waals surface area (Å²) in [6.07, 6.45) is 2.89. The fraction of sp³-hybridized carbons (Fsp3) is 0.300. The second-order valence-electron chi connectivity index (χ2n) is 3.76. The van der Waals surface area contributed by atoms with Crippen LogP contribution in [0.5, 0.6) is 0 Å². The number of nitrogens with zero attached hydrogens (tertiary/aromatic N) is 1. The average molecular weight is 308 g/mol. The lowest BCUT2D eigenvalue weighted by molar-refractivity contribution is -0.139. The highest BCUT2D eigenvalue weighted by Crippen LogP contribution is 2.32. The third-order valence-electron chi connectivity index (χ3n) is 2.60. The topological polar surface area (TPSA) is 74.7 Å². The highest BCUT2D eigenvalue weighted by atomic mass is 35.5. The smallest absolute Gasteiger partial charge is 0.326 e. The van der Waals surface area contributed by atoms with Gasteiger partial charge in [0.15, 0.2) is 0 Å². The van der Waals surface area contributed by atoms with E-state index in [1.165, 1.54) is 18.2 Å². The molecule has 1 aliphatic heterocycles. The Labute approximate surface area is 113 Å². The van der Waals surface area contributed by atoms with Crippen LogP contribution in [0.25, 0.3) is 0 Å². The van der Waals surface area contributed by atoms with Crippen LogP contribution in [0.4, 0.5) is 0 Å². The lowest BCUT2D eigenvalue weighted by Gasteiger charge is -2.20. The third-order valence-corrected chi connectivity index (χ3v) is 5.88. The summed E-state index contributed by atoms with van der Waals surface area (Å²) in [6.45, 7) is 1.70. The van der Waals surface area contributed by atoms with Gasteiger partial charge in [-0.3, -0.25) is 4.79 Å². The van der Waals surface area contributed by atoms with Crippen molar-refractivity contribution in [2.75, 3.05) is 6.54 Å². The fourth-order valence-corrected chi connectivity index (χ4v) is 5.06. The molecule has 2 heterocycles. The van der Waals surface area contributed by atoms with E-state index in [9.17, 15) is 13.2 Å². The molecule has 5 nitrogen and oxygen atoms in total. The summed E-state index contributed by atoms with van der Waals surface area (Å²) in [5, 5.41) is 8.99. The number of carbonyl (C=O) groups is 1. The number of halogens is 1. The Hall–Kier alpha value is -0.890. The van der Waals surface area contributed by atoms with Crippen LogP contribution < -0.4 is 0 Å². The van der Waals surface area contributed by atoms with Gasteiger partial charge in [0.25, 0.3) is 0 Å². The molecule has 2 rings (SSSR count). The Morgan fingerprint density at radius 3 is 2.78 bits per heavy atom. The lowest BCUT2D eigenvalue weighted by atomic mass is 10.3. The number of hydrogen-bond donors (Lipinski definition) is 1. The van der Waals surface area contributed by atoms with Crippen LogP contribution in [0.2, 0.25) is 4.34 Å². The van der Waals surface area contributed by atoms with E-state index in [1.54, 1.807) is 6.92 Å². The van der Waals surface area contributed by atoms with E-state index in [0.717, 1.165) is 15.6 Å². The molecule has 0 amide bonds. The third kappa shape index (κ3) is 2.18. The molecule has 0 aromatic carbocycles. The van der Waals surface area contributed by atoms with E-state index in [1.807, 2.05) is 0 Å². The number of carboxylic acid groups (broad SMARTS) is 1. The summed E-state index contributed by atoms with van der Waals surface area (Å²) >= 11 is 6.94. The molecule has 1 aromatic heterocycles. The van der Waals surface area contributed by atoms with Crippen molar-refractivity contribution in [2.24, 2.45) is 0 Å². The second-order valence-corrected chi connectivity index (χ2v) is 7.50. The van der Waals surface area contributed by atoms with Gasteiger partial charge in [0.2, 0.25) is 10.0 Å². The highest BCUT2D eigenvalue weighted by molar-refractivity contribution is 7.89. The summed E-state index contributed by atoms with van der Waals surface area (Å²) < 4.78 is 26.0. The Balaban J connectivity index is 2.44. The molecule has 1 N–H and O–H groups in total. The molecule has 1 atom stereocenters. The van der Waals surface area contributed by atoms with Gasteiger partial charge in [0.1, 0.15) is 6.04 Å². The maximum absolute atomic E-state index is 12.4. The summed E-state index contributed by atoms with van der Waals surface area (Å²) in [4.78, 5) is 11.6. The maximum Gasteiger partial charge on any atom is 0.326 e. The number of hydrogen-bond acceptors (Lipinski definition) is 4. The Kier molecular flexibility index (Phi) is 3.50. The van der Waals surface area contributed by atoms with E-state index >= 15 is 0 Å². The van der Waals surface area contributed by atoms with Gasteiger partial charge >= 0.3 is 5.97 Å². The molecule has 0 radical (unpaired) electrons. The zero-order valence-electron chi connectivity index (χ0n) is 9.33. The van der Waals surface area contributed by atoms with Gasteiger partial charge in [-0.15, -0.1) is 11.3 Å². The van der Waals surface area contributed by atoms with Gasteiger partial charge in [0.05, 0.1) is 9.23 Å². The minimum absolute atomic E-state index is 0.0617. The summed E-state index contributed by atoms with van der Waals surface area (Å²) in [5.41, 5.74) is 0. The molecular formula is C10H10ClNO4S2. The Bertz CT molecular complexity index is 620. The van der Waals surface area contributed by atoms with Crippen LogP contribution >= 0.6 is 22.9 Å². The van der Waals surface area contributed by atoms with Crippen LogP contribution in [-0.4, -0.2) is 36.4 Å². The quantitative estimate of drug-likeness (QED) is 0.863. The molecule has 18 heavy (non-hydrogen) atoms. The Morgan fingerprint density at radius 1 is 1.61 bits per heavy atom. The number of rotatable bonds is 3. The minimum atomic E-state index is -3.83. The normalized spacial score (nSPS) is 20.4. The van der Waals surface area contributed by atoms with Gasteiger partial charge in [-0.1, -0.05) is 23.8 Å². The highest BCUT2D eigenvalue weighted by Gasteiger charge is 2.37. The molecular weight excluding hydrogens is 298 g/mol. The molecule has 0 bridgehead atoms. The monoisotopic (exact) mass is 307 g/mol. The first-order valence-electron chi connectivity index (χ1n) is 5.01. The number of carboxylic acids is 1. The number of aliphatic carboxylic acids is 1. The van der Waals surface area contributed by atoms with Gasteiger partial charge in [-0.05, 0) is 13.0 Å². The Morgan fingerprint density at radius 2 is 2.28 bits per heavy atom. The molecule has 1 unspecified atom stereocenters. The summed E-state index contributed by atoms with van der Waals surface area (Å²) in [7, 11) is -3.83. The molecule has 0 saturated heterocycles. The van der Waals surface area contributed by atoms with Gasteiger partial charge < -0.3 is 5.11 Å². The van der Waals surface area contributed by atoms with Crippen molar-refractivity contribution in [1.82, 2.24) is 4.31 Å². The maximum atomic E-state index is 12.4. The molecule has 0 fully saturated rings. The van der Waals surface area contributed by atoms with Crippen molar-refractivity contribution in [1.29, 1.82) is 0 Å². The summed E-state index contributed by atoms with van der Waals surface area (Å²) in [5.74, 6) is -1.19. The fourth-order valence-electron chi connectivity index (χ4n) is 1.77. The first kappa shape index (κ1) is 13.5. The standard InChI is InChI=1S/C10H10ClNO4S2/c1-6-8(5-9(11)17-6)18(15,16)12-4-2-3-7(12)10(13)14/h2-3,5,7H,4H2,1H3,(H,13,14). The van der Waals surface area contributed by atoms with E-state index in [0.29, 0.717) is 9.21 Å². The van der Waals surface area contributed by atoms with Crippen LogP contribution in [0.15, 0.2) is 23.1 Å². The van der Waals surface area contributed by atoms with Crippen molar-refractivity contribution >= 4 is 38.9 Å². The molecule has 1 aliphatic rings. The first-order valence-corrected chi connectivity index (χ1v) is 7.64. The number of aryl methyl sites for hydroxylation is 1. The zero-order valence-corrected chi connectivity index (χ0v) is 11.7. The molecule has 0 aliphatic carbocycles. The van der Waals surface area contributed by atoms with Crippen molar-refractivity contribution in [3.05, 3.63) is 27.4 Å². The first-order chi connectivity index (χ1) is 8.34. The van der Waals surface area contributed by atoms with E-state index in [2.05, 4.69) is 0 Å². The van der Waals surface area contributed by atoms with E-state index in [-0.39, 0.29) is 11.4 Å². The van der Waals surface area contributed by atoms with Gasteiger partial charge in [0, 0.05) is 11.4 Å². The predicted molar refractivity (Wildman–Crippen MR) is 68.5 cm³/mol. The second kappa shape index (κ2) is 4.65. The van der Waals surface area contributed by atoms with Crippen LogP contribution in [-0.2, 0) is 14.8 Å². The van der Waals surface area contributed by atoms with Crippen LogP contribution in [0.3, 0.4) is 0 Å². The molecule has 8 heteroatoms. The van der Waals surface area contributed by atoms with Crippen molar-refractivity contribution in [2.45, 2.75) is 17.9 Å². The zero-order chi connectivity index (χ0) is 13.5. The largest absolute Gasteiger partial charge is 0.480 e. The number of thiophene rings is 1. The molecule has 98 valence electrons. The lowest BCUT2D eigenvalue weighted by Crippen LogP contribution is -2.40. The molecule has 1 aromatic rings. The SMILES string of the molecule is Cc1sc(Cl)cc1S(=O)(=O)N1CC=CC1C(=O)O. The predicted octanol–water partition coefficient (Wildman–Crippen LogP) is 1.72. The van der Waals surface area contributed by atoms with E-state index in [4.69, 9.17) is 16.7 Å². The number of sulfonamides is 1. The summed E-state index contributed by atoms with van der Waals surface area (Å²) in [6, 6.07) is 0.210. The van der Waals surface area contributed by atoms with Crippen LogP contribution in [0, 0.1) is 6.92 Å². The van der Waals surface area contributed by atoms with Crippen molar-refractivity contribution < 1.29 is 18.3 Å². The molecule has 0 spiro atoms. The van der Waals surface area contributed by atoms with E-state index < -0.39 is 22.0 Å². The van der Waals surface area contributed by atoms with Crippen LogP contribution in [0.1, 0.15) is 4.88 Å². The van der Waals surface area contributed by atoms with Crippen molar-refractivity contribution in [3.63, 3.8) is 0 Å². The van der Waals surface area contributed by atoms with Gasteiger partial charge in [-0.2, -0.15) is 4.31 Å². The van der Waals surface area contributed by atoms with Gasteiger partial charge in [-0.25, -0.2) is 8.42 Å².